The minimum Gasteiger partial charge on any atom is -0.464 e. The predicted molar refractivity (Wildman–Crippen MR) is 61.2 cm³/mol. The van der Waals surface area contributed by atoms with E-state index in [1.807, 2.05) is 6.07 Å². The summed E-state index contributed by atoms with van der Waals surface area (Å²) in [6, 6.07) is 4.23. The number of rotatable bonds is 5. The molecule has 2 N–H and O–H groups in total. The third-order valence-electron chi connectivity index (χ3n) is 3.10. The largest absolute Gasteiger partial charge is 0.464 e. The van der Waals surface area contributed by atoms with Gasteiger partial charge in [0, 0.05) is 18.3 Å². The lowest BCUT2D eigenvalue weighted by Crippen LogP contribution is -2.27. The molecule has 1 aliphatic rings. The van der Waals surface area contributed by atoms with Gasteiger partial charge in [0.15, 0.2) is 0 Å². The minimum atomic E-state index is -0.318. The van der Waals surface area contributed by atoms with Gasteiger partial charge in [-0.05, 0) is 37.8 Å². The molecule has 1 fully saturated rings. The average molecular weight is 222 g/mol. The zero-order valence-electron chi connectivity index (χ0n) is 9.75. The SMILES string of the molecule is COC(=O)c1ccc(CNC(C)C2CC2)[nH]1. The molecule has 1 aromatic rings. The topological polar surface area (TPSA) is 54.1 Å². The number of carbonyl (C=O) groups is 1. The van der Waals surface area contributed by atoms with Crippen LogP contribution < -0.4 is 5.32 Å². The summed E-state index contributed by atoms with van der Waals surface area (Å²) in [4.78, 5) is 14.3. The van der Waals surface area contributed by atoms with Crippen LogP contribution in [0.2, 0.25) is 0 Å². The number of hydrogen-bond donors (Lipinski definition) is 2. The average Bonchev–Trinajstić information content (AvgIpc) is 3.04. The van der Waals surface area contributed by atoms with Crippen molar-refractivity contribution in [2.75, 3.05) is 7.11 Å². The summed E-state index contributed by atoms with van der Waals surface area (Å²) in [5.74, 6) is 0.525. The van der Waals surface area contributed by atoms with Crippen LogP contribution in [0, 0.1) is 5.92 Å². The van der Waals surface area contributed by atoms with E-state index < -0.39 is 0 Å². The number of carbonyl (C=O) groups excluding carboxylic acids is 1. The number of esters is 1. The summed E-state index contributed by atoms with van der Waals surface area (Å²) in [5, 5.41) is 3.45. The lowest BCUT2D eigenvalue weighted by atomic mass is 10.2. The zero-order valence-corrected chi connectivity index (χ0v) is 9.75. The van der Waals surface area contributed by atoms with Crippen molar-refractivity contribution in [3.8, 4) is 0 Å². The summed E-state index contributed by atoms with van der Waals surface area (Å²) in [6.45, 7) is 2.98. The molecule has 0 bridgehead atoms. The van der Waals surface area contributed by atoms with E-state index in [0.717, 1.165) is 18.2 Å². The van der Waals surface area contributed by atoms with Crippen LogP contribution in [0.15, 0.2) is 12.1 Å². The van der Waals surface area contributed by atoms with Gasteiger partial charge in [-0.1, -0.05) is 0 Å². The molecule has 0 aromatic carbocycles. The Bertz CT molecular complexity index is 369. The number of H-pyrrole nitrogens is 1. The monoisotopic (exact) mass is 222 g/mol. The maximum Gasteiger partial charge on any atom is 0.354 e. The van der Waals surface area contributed by atoms with Crippen LogP contribution in [0.3, 0.4) is 0 Å². The van der Waals surface area contributed by atoms with E-state index in [-0.39, 0.29) is 5.97 Å². The number of aromatic nitrogens is 1. The van der Waals surface area contributed by atoms with E-state index in [9.17, 15) is 4.79 Å². The molecule has 1 aromatic heterocycles. The Kier molecular flexibility index (Phi) is 3.29. The summed E-state index contributed by atoms with van der Waals surface area (Å²) < 4.78 is 4.63. The highest BCUT2D eigenvalue weighted by atomic mass is 16.5. The van der Waals surface area contributed by atoms with Crippen molar-refractivity contribution in [2.24, 2.45) is 5.92 Å². The number of hydrogen-bond acceptors (Lipinski definition) is 3. The summed E-state index contributed by atoms with van der Waals surface area (Å²) in [5.41, 5.74) is 1.53. The molecule has 1 heterocycles. The fourth-order valence-electron chi connectivity index (χ4n) is 1.81. The Labute approximate surface area is 95.4 Å². The van der Waals surface area contributed by atoms with Crippen LogP contribution >= 0.6 is 0 Å². The van der Waals surface area contributed by atoms with Crippen molar-refractivity contribution in [3.63, 3.8) is 0 Å². The maximum absolute atomic E-state index is 11.2. The van der Waals surface area contributed by atoms with Crippen LogP contribution in [0.4, 0.5) is 0 Å². The van der Waals surface area contributed by atoms with Crippen LogP contribution in [-0.2, 0) is 11.3 Å². The van der Waals surface area contributed by atoms with E-state index in [1.165, 1.54) is 20.0 Å². The molecular weight excluding hydrogens is 204 g/mol. The van der Waals surface area contributed by atoms with Gasteiger partial charge < -0.3 is 15.0 Å². The molecule has 0 amide bonds. The van der Waals surface area contributed by atoms with Gasteiger partial charge in [-0.3, -0.25) is 0 Å². The van der Waals surface area contributed by atoms with Gasteiger partial charge in [-0.2, -0.15) is 0 Å². The van der Waals surface area contributed by atoms with Gasteiger partial charge >= 0.3 is 5.97 Å². The predicted octanol–water partition coefficient (Wildman–Crippen LogP) is 1.69. The highest BCUT2D eigenvalue weighted by Crippen LogP contribution is 2.32. The van der Waals surface area contributed by atoms with Crippen molar-refractivity contribution < 1.29 is 9.53 Å². The molecular formula is C12H18N2O2. The normalized spacial score (nSPS) is 17.1. The molecule has 88 valence electrons. The maximum atomic E-state index is 11.2. The first-order chi connectivity index (χ1) is 7.70. The van der Waals surface area contributed by atoms with Crippen LogP contribution in [0.1, 0.15) is 35.9 Å². The minimum absolute atomic E-state index is 0.318. The second-order valence-electron chi connectivity index (χ2n) is 4.40. The summed E-state index contributed by atoms with van der Waals surface area (Å²) in [7, 11) is 1.39. The molecule has 1 saturated carbocycles. The Morgan fingerprint density at radius 3 is 3.00 bits per heavy atom. The van der Waals surface area contributed by atoms with Gasteiger partial charge in [-0.15, -0.1) is 0 Å². The second-order valence-corrected chi connectivity index (χ2v) is 4.40. The molecule has 4 heteroatoms. The van der Waals surface area contributed by atoms with Gasteiger partial charge in [-0.25, -0.2) is 4.79 Å². The van der Waals surface area contributed by atoms with Gasteiger partial charge in [0.05, 0.1) is 7.11 Å². The zero-order chi connectivity index (χ0) is 11.5. The lowest BCUT2D eigenvalue weighted by molar-refractivity contribution is 0.0594. The van der Waals surface area contributed by atoms with E-state index in [2.05, 4.69) is 22.0 Å². The number of ether oxygens (including phenoxy) is 1. The molecule has 0 saturated heterocycles. The fraction of sp³-hybridized carbons (Fsp3) is 0.583. The first kappa shape index (κ1) is 11.2. The Balaban J connectivity index is 1.84. The molecule has 0 aliphatic heterocycles. The van der Waals surface area contributed by atoms with E-state index >= 15 is 0 Å². The number of methoxy groups -OCH3 is 1. The van der Waals surface area contributed by atoms with Gasteiger partial charge in [0.1, 0.15) is 5.69 Å². The quantitative estimate of drug-likeness (QED) is 0.745. The van der Waals surface area contributed by atoms with Crippen molar-refractivity contribution in [2.45, 2.75) is 32.4 Å². The summed E-state index contributed by atoms with van der Waals surface area (Å²) in [6.07, 6.45) is 2.68. The third-order valence-corrected chi connectivity index (χ3v) is 3.10. The van der Waals surface area contributed by atoms with Crippen LogP contribution in [-0.4, -0.2) is 24.1 Å². The van der Waals surface area contributed by atoms with Crippen molar-refractivity contribution >= 4 is 5.97 Å². The first-order valence-electron chi connectivity index (χ1n) is 5.70. The van der Waals surface area contributed by atoms with Gasteiger partial charge in [0.2, 0.25) is 0 Å². The third kappa shape index (κ3) is 2.64. The van der Waals surface area contributed by atoms with Crippen LogP contribution in [0.5, 0.6) is 0 Å². The Morgan fingerprint density at radius 2 is 2.38 bits per heavy atom. The van der Waals surface area contributed by atoms with Gasteiger partial charge in [0.25, 0.3) is 0 Å². The van der Waals surface area contributed by atoms with Crippen molar-refractivity contribution in [1.82, 2.24) is 10.3 Å². The molecule has 4 nitrogen and oxygen atoms in total. The van der Waals surface area contributed by atoms with Crippen molar-refractivity contribution in [1.29, 1.82) is 0 Å². The Hall–Kier alpha value is -1.29. The molecule has 1 atom stereocenters. The summed E-state index contributed by atoms with van der Waals surface area (Å²) >= 11 is 0. The number of aromatic amines is 1. The smallest absolute Gasteiger partial charge is 0.354 e. The van der Waals surface area contributed by atoms with Crippen LogP contribution in [0.25, 0.3) is 0 Å². The molecule has 2 rings (SSSR count). The standard InChI is InChI=1S/C12H18N2O2/c1-8(9-3-4-9)13-7-10-5-6-11(14-10)12(15)16-2/h5-6,8-9,13-14H,3-4,7H2,1-2H3. The fourth-order valence-corrected chi connectivity index (χ4v) is 1.81. The van der Waals surface area contributed by atoms with E-state index in [0.29, 0.717) is 11.7 Å². The highest BCUT2D eigenvalue weighted by molar-refractivity contribution is 5.87. The molecule has 0 spiro atoms. The van der Waals surface area contributed by atoms with Crippen molar-refractivity contribution in [3.05, 3.63) is 23.5 Å². The molecule has 1 unspecified atom stereocenters. The molecule has 16 heavy (non-hydrogen) atoms. The highest BCUT2D eigenvalue weighted by Gasteiger charge is 2.27. The molecule has 1 aliphatic carbocycles. The number of nitrogens with one attached hydrogen (secondary N) is 2. The Morgan fingerprint density at radius 1 is 1.62 bits per heavy atom. The first-order valence-corrected chi connectivity index (χ1v) is 5.70. The lowest BCUT2D eigenvalue weighted by Gasteiger charge is -2.11. The molecule has 0 radical (unpaired) electrons. The van der Waals surface area contributed by atoms with E-state index in [4.69, 9.17) is 0 Å². The second kappa shape index (κ2) is 4.70. The van der Waals surface area contributed by atoms with E-state index in [1.54, 1.807) is 6.07 Å².